The number of benzene rings is 3. The number of hydrogen-bond donors (Lipinski definition) is 0. The minimum Gasteiger partial charge on any atom is -0.407 e. The molecule has 1 heterocycles. The molecule has 3 aromatic carbocycles. The number of imidazole rings is 1. The summed E-state index contributed by atoms with van der Waals surface area (Å²) in [6.07, 6.45) is 0. The van der Waals surface area contributed by atoms with Crippen LogP contribution in [0.2, 0.25) is 15.1 Å². The van der Waals surface area contributed by atoms with Crippen molar-refractivity contribution in [1.82, 2.24) is 9.71 Å². The number of non-ortho nitro benzene ring substituents is 1. The molecule has 146 valence electrons. The number of fused-ring (bicyclic) bond motifs is 1. The Morgan fingerprint density at radius 2 is 1.72 bits per heavy atom. The Kier molecular flexibility index (Phi) is 5.32. The van der Waals surface area contributed by atoms with E-state index in [1.54, 1.807) is 48.5 Å². The van der Waals surface area contributed by atoms with Crippen LogP contribution < -0.4 is 4.84 Å². The maximum absolute atomic E-state index is 11.2. The van der Waals surface area contributed by atoms with Crippen LogP contribution in [0.15, 0.2) is 60.7 Å². The van der Waals surface area contributed by atoms with Crippen molar-refractivity contribution < 1.29 is 9.76 Å². The third-order valence-electron chi connectivity index (χ3n) is 4.25. The van der Waals surface area contributed by atoms with Crippen LogP contribution in [0, 0.1) is 10.1 Å². The first-order valence-corrected chi connectivity index (χ1v) is 9.56. The van der Waals surface area contributed by atoms with Gasteiger partial charge < -0.3 is 4.84 Å². The van der Waals surface area contributed by atoms with E-state index in [1.165, 1.54) is 16.9 Å². The fourth-order valence-corrected chi connectivity index (χ4v) is 3.28. The van der Waals surface area contributed by atoms with Crippen LogP contribution in [-0.2, 0) is 6.61 Å². The molecule has 0 amide bonds. The smallest absolute Gasteiger partial charge is 0.271 e. The molecule has 0 N–H and O–H groups in total. The summed E-state index contributed by atoms with van der Waals surface area (Å²) in [4.78, 5) is 21.3. The Balaban J connectivity index is 1.80. The molecule has 0 atom stereocenters. The first-order chi connectivity index (χ1) is 13.9. The lowest BCUT2D eigenvalue weighted by molar-refractivity contribution is -0.384. The molecular weight excluding hydrogens is 437 g/mol. The first-order valence-electron chi connectivity index (χ1n) is 8.42. The van der Waals surface area contributed by atoms with E-state index in [4.69, 9.17) is 39.6 Å². The molecule has 4 aromatic rings. The molecule has 29 heavy (non-hydrogen) atoms. The van der Waals surface area contributed by atoms with E-state index >= 15 is 0 Å². The van der Waals surface area contributed by atoms with E-state index in [9.17, 15) is 10.1 Å². The molecule has 0 aliphatic carbocycles. The monoisotopic (exact) mass is 447 g/mol. The quantitative estimate of drug-likeness (QED) is 0.269. The number of aromatic nitrogens is 2. The summed E-state index contributed by atoms with van der Waals surface area (Å²) in [5.41, 5.74) is 2.52. The van der Waals surface area contributed by atoms with Gasteiger partial charge in [0.25, 0.3) is 5.69 Å². The van der Waals surface area contributed by atoms with Crippen LogP contribution in [0.25, 0.3) is 22.4 Å². The number of nitro benzene ring substituents is 1. The molecule has 0 bridgehead atoms. The van der Waals surface area contributed by atoms with Gasteiger partial charge in [-0.2, -0.15) is 4.73 Å². The predicted octanol–water partition coefficient (Wildman–Crippen LogP) is 6.20. The summed E-state index contributed by atoms with van der Waals surface area (Å²) in [5.74, 6) is 0.497. The van der Waals surface area contributed by atoms with Gasteiger partial charge >= 0.3 is 0 Å². The van der Waals surface area contributed by atoms with Crippen molar-refractivity contribution in [2.45, 2.75) is 6.61 Å². The van der Waals surface area contributed by atoms with Gasteiger partial charge in [0, 0.05) is 22.7 Å². The van der Waals surface area contributed by atoms with Gasteiger partial charge in [0.1, 0.15) is 12.1 Å². The van der Waals surface area contributed by atoms with E-state index in [0.29, 0.717) is 31.9 Å². The number of nitro groups is 1. The van der Waals surface area contributed by atoms with Crippen LogP contribution in [0.5, 0.6) is 0 Å². The SMILES string of the molecule is O=[N+]([O-])c1ccc2nc(-c3ccc(Cl)cc3)n(OCc3ccc(Cl)c(Cl)c3)c2c1. The van der Waals surface area contributed by atoms with Gasteiger partial charge in [-0.25, -0.2) is 4.98 Å². The Hall–Kier alpha value is -2.80. The van der Waals surface area contributed by atoms with Gasteiger partial charge in [-0.15, -0.1) is 0 Å². The molecular formula is C20H12Cl3N3O3. The summed E-state index contributed by atoms with van der Waals surface area (Å²) in [6.45, 7) is 0.158. The number of hydrogen-bond acceptors (Lipinski definition) is 4. The van der Waals surface area contributed by atoms with Crippen LogP contribution in [0.1, 0.15) is 5.56 Å². The summed E-state index contributed by atoms with van der Waals surface area (Å²) in [6, 6.07) is 16.7. The maximum Gasteiger partial charge on any atom is 0.271 e. The van der Waals surface area contributed by atoms with E-state index in [2.05, 4.69) is 4.98 Å². The minimum atomic E-state index is -0.461. The molecule has 0 unspecified atom stereocenters. The van der Waals surface area contributed by atoms with Crippen molar-refractivity contribution in [2.24, 2.45) is 0 Å². The van der Waals surface area contributed by atoms with Crippen molar-refractivity contribution in [3.8, 4) is 11.4 Å². The van der Waals surface area contributed by atoms with Gasteiger partial charge in [-0.05, 0) is 48.0 Å². The van der Waals surface area contributed by atoms with E-state index in [1.807, 2.05) is 0 Å². The molecule has 9 heteroatoms. The Morgan fingerprint density at radius 1 is 0.966 bits per heavy atom. The molecule has 0 radical (unpaired) electrons. The molecule has 0 saturated carbocycles. The second-order valence-corrected chi connectivity index (χ2v) is 7.44. The molecule has 0 saturated heterocycles. The lowest BCUT2D eigenvalue weighted by atomic mass is 10.2. The van der Waals surface area contributed by atoms with Gasteiger partial charge in [0.05, 0.1) is 20.5 Å². The second-order valence-electron chi connectivity index (χ2n) is 6.19. The summed E-state index contributed by atoms with van der Waals surface area (Å²) in [7, 11) is 0. The van der Waals surface area contributed by atoms with Crippen molar-refractivity contribution >= 4 is 51.5 Å². The highest BCUT2D eigenvalue weighted by atomic mass is 35.5. The van der Waals surface area contributed by atoms with E-state index < -0.39 is 4.92 Å². The maximum atomic E-state index is 11.2. The molecule has 0 spiro atoms. The highest BCUT2D eigenvalue weighted by Gasteiger charge is 2.17. The fraction of sp³-hybridized carbons (Fsp3) is 0.0500. The highest BCUT2D eigenvalue weighted by molar-refractivity contribution is 6.42. The molecule has 0 fully saturated rings. The van der Waals surface area contributed by atoms with Crippen LogP contribution in [0.3, 0.4) is 0 Å². The molecule has 0 aliphatic heterocycles. The van der Waals surface area contributed by atoms with Crippen LogP contribution in [-0.4, -0.2) is 14.6 Å². The average molecular weight is 449 g/mol. The topological polar surface area (TPSA) is 70.2 Å². The Labute approximate surface area is 180 Å². The summed E-state index contributed by atoms with van der Waals surface area (Å²) < 4.78 is 1.48. The molecule has 1 aromatic heterocycles. The van der Waals surface area contributed by atoms with Crippen molar-refractivity contribution in [3.63, 3.8) is 0 Å². The third-order valence-corrected chi connectivity index (χ3v) is 5.25. The lowest BCUT2D eigenvalue weighted by Crippen LogP contribution is -2.12. The fourth-order valence-electron chi connectivity index (χ4n) is 2.84. The standard InChI is InChI=1S/C20H12Cl3N3O3/c21-14-4-2-13(3-5-14)20-24-18-8-6-15(26(27)28)10-19(18)25(20)29-11-12-1-7-16(22)17(23)9-12/h1-10H,11H2. The zero-order chi connectivity index (χ0) is 20.5. The summed E-state index contributed by atoms with van der Waals surface area (Å²) >= 11 is 18.0. The lowest BCUT2D eigenvalue weighted by Gasteiger charge is -2.12. The first kappa shape index (κ1) is 19.5. The Morgan fingerprint density at radius 3 is 2.41 bits per heavy atom. The third kappa shape index (κ3) is 4.00. The van der Waals surface area contributed by atoms with Crippen molar-refractivity contribution in [3.05, 3.63) is 91.4 Å². The number of rotatable bonds is 5. The second kappa shape index (κ2) is 7.91. The van der Waals surface area contributed by atoms with E-state index in [0.717, 1.165) is 11.1 Å². The predicted molar refractivity (Wildman–Crippen MR) is 114 cm³/mol. The number of halogens is 3. The van der Waals surface area contributed by atoms with E-state index in [-0.39, 0.29) is 12.3 Å². The molecule has 4 rings (SSSR count). The highest BCUT2D eigenvalue weighted by Crippen LogP contribution is 2.28. The average Bonchev–Trinajstić information content (AvgIpc) is 3.07. The zero-order valence-electron chi connectivity index (χ0n) is 14.7. The van der Waals surface area contributed by atoms with Crippen LogP contribution in [0.4, 0.5) is 5.69 Å². The summed E-state index contributed by atoms with van der Waals surface area (Å²) in [5, 5.41) is 12.7. The zero-order valence-corrected chi connectivity index (χ0v) is 16.9. The number of nitrogens with zero attached hydrogens (tertiary/aromatic N) is 3. The minimum absolute atomic E-state index is 0.0561. The van der Waals surface area contributed by atoms with Gasteiger partial charge in [0.15, 0.2) is 5.82 Å². The van der Waals surface area contributed by atoms with Gasteiger partial charge in [-0.1, -0.05) is 40.9 Å². The largest absolute Gasteiger partial charge is 0.407 e. The molecule has 0 aliphatic rings. The van der Waals surface area contributed by atoms with Crippen molar-refractivity contribution in [1.29, 1.82) is 0 Å². The normalized spacial score (nSPS) is 11.0. The van der Waals surface area contributed by atoms with Crippen LogP contribution >= 0.6 is 34.8 Å². The van der Waals surface area contributed by atoms with Crippen molar-refractivity contribution in [2.75, 3.05) is 0 Å². The van der Waals surface area contributed by atoms with Gasteiger partial charge in [0.2, 0.25) is 0 Å². The molecule has 6 nitrogen and oxygen atoms in total. The Bertz CT molecular complexity index is 1220. The van der Waals surface area contributed by atoms with Gasteiger partial charge in [-0.3, -0.25) is 10.1 Å².